The minimum absolute atomic E-state index is 0.118. The predicted octanol–water partition coefficient (Wildman–Crippen LogP) is 3.07. The van der Waals surface area contributed by atoms with Gasteiger partial charge in [-0.2, -0.15) is 0 Å². The predicted molar refractivity (Wildman–Crippen MR) is 78.2 cm³/mol. The topological polar surface area (TPSA) is 50.7 Å². The van der Waals surface area contributed by atoms with Crippen LogP contribution >= 0.6 is 0 Å². The van der Waals surface area contributed by atoms with Gasteiger partial charge in [-0.15, -0.1) is 0 Å². The first-order valence-electron chi connectivity index (χ1n) is 6.43. The Kier molecular flexibility index (Phi) is 3.64. The number of hydrogen-bond donors (Lipinski definition) is 1. The Morgan fingerprint density at radius 2 is 1.20 bits per heavy atom. The van der Waals surface area contributed by atoms with Crippen LogP contribution in [0.5, 0.6) is 0 Å². The van der Waals surface area contributed by atoms with Crippen molar-refractivity contribution in [3.05, 3.63) is 84.6 Å². The molecular formula is C16H14N4. The van der Waals surface area contributed by atoms with Crippen molar-refractivity contribution in [2.75, 3.05) is 5.32 Å². The van der Waals surface area contributed by atoms with E-state index in [1.54, 1.807) is 18.6 Å². The highest BCUT2D eigenvalue weighted by atomic mass is 15.0. The lowest BCUT2D eigenvalue weighted by atomic mass is 10.1. The fraction of sp³-hybridized carbons (Fsp3) is 0.0625. The van der Waals surface area contributed by atoms with Crippen molar-refractivity contribution in [2.24, 2.45) is 0 Å². The van der Waals surface area contributed by atoms with Crippen LogP contribution in [0.4, 0.5) is 5.82 Å². The van der Waals surface area contributed by atoms with Gasteiger partial charge in [0.1, 0.15) is 11.9 Å². The Morgan fingerprint density at radius 3 is 1.65 bits per heavy atom. The molecule has 3 rings (SSSR count). The normalized spacial score (nSPS) is 10.4. The van der Waals surface area contributed by atoms with Gasteiger partial charge in [0, 0.05) is 18.6 Å². The van der Waals surface area contributed by atoms with Crippen LogP contribution in [-0.2, 0) is 0 Å². The molecule has 0 aliphatic carbocycles. The molecule has 4 nitrogen and oxygen atoms in total. The number of anilines is 1. The van der Waals surface area contributed by atoms with Crippen molar-refractivity contribution in [1.29, 1.82) is 0 Å². The van der Waals surface area contributed by atoms with Gasteiger partial charge in [-0.1, -0.05) is 18.2 Å². The Balaban J connectivity index is 1.96. The summed E-state index contributed by atoms with van der Waals surface area (Å²) in [5.41, 5.74) is 1.83. The van der Waals surface area contributed by atoms with Crippen LogP contribution in [0.25, 0.3) is 0 Å². The highest BCUT2D eigenvalue weighted by molar-refractivity contribution is 5.40. The number of rotatable bonds is 4. The quantitative estimate of drug-likeness (QED) is 0.785. The molecular weight excluding hydrogens is 248 g/mol. The molecule has 98 valence electrons. The number of hydrogen-bond acceptors (Lipinski definition) is 4. The second kappa shape index (κ2) is 5.93. The minimum atomic E-state index is -0.118. The first kappa shape index (κ1) is 12.3. The monoisotopic (exact) mass is 262 g/mol. The second-order valence-electron chi connectivity index (χ2n) is 4.30. The van der Waals surface area contributed by atoms with Gasteiger partial charge in [-0.25, -0.2) is 4.98 Å². The summed E-state index contributed by atoms with van der Waals surface area (Å²) in [5.74, 6) is 0.800. The smallest absolute Gasteiger partial charge is 0.126 e. The van der Waals surface area contributed by atoms with E-state index in [1.807, 2.05) is 54.6 Å². The molecule has 0 amide bonds. The molecule has 0 radical (unpaired) electrons. The average Bonchev–Trinajstić information content (AvgIpc) is 2.55. The van der Waals surface area contributed by atoms with E-state index in [0.29, 0.717) is 0 Å². The van der Waals surface area contributed by atoms with Crippen molar-refractivity contribution in [2.45, 2.75) is 6.04 Å². The summed E-state index contributed by atoms with van der Waals surface area (Å²) in [5, 5.41) is 3.38. The van der Waals surface area contributed by atoms with Crippen LogP contribution in [0.3, 0.4) is 0 Å². The largest absolute Gasteiger partial charge is 0.356 e. The molecule has 3 heterocycles. The van der Waals surface area contributed by atoms with Crippen LogP contribution < -0.4 is 5.32 Å². The van der Waals surface area contributed by atoms with Crippen LogP contribution in [0.1, 0.15) is 17.4 Å². The molecule has 20 heavy (non-hydrogen) atoms. The van der Waals surface area contributed by atoms with Gasteiger partial charge < -0.3 is 5.32 Å². The van der Waals surface area contributed by atoms with Crippen molar-refractivity contribution >= 4 is 5.82 Å². The summed E-state index contributed by atoms with van der Waals surface area (Å²) in [7, 11) is 0. The van der Waals surface area contributed by atoms with Crippen LogP contribution in [-0.4, -0.2) is 15.0 Å². The Bertz CT molecular complexity index is 602. The molecule has 0 saturated heterocycles. The Morgan fingerprint density at radius 1 is 0.650 bits per heavy atom. The summed E-state index contributed by atoms with van der Waals surface area (Å²) >= 11 is 0. The fourth-order valence-electron chi connectivity index (χ4n) is 1.99. The molecule has 3 aromatic rings. The third kappa shape index (κ3) is 2.80. The molecule has 0 atom stereocenters. The van der Waals surface area contributed by atoms with Crippen LogP contribution in [0, 0.1) is 0 Å². The third-order valence-electron chi connectivity index (χ3n) is 2.92. The van der Waals surface area contributed by atoms with Crippen molar-refractivity contribution in [3.63, 3.8) is 0 Å². The molecule has 0 aliphatic rings. The van der Waals surface area contributed by atoms with Crippen LogP contribution in [0.15, 0.2) is 73.2 Å². The number of nitrogens with one attached hydrogen (secondary N) is 1. The lowest BCUT2D eigenvalue weighted by Gasteiger charge is -2.18. The molecule has 0 spiro atoms. The summed E-state index contributed by atoms with van der Waals surface area (Å²) in [4.78, 5) is 13.1. The zero-order valence-corrected chi connectivity index (χ0v) is 10.8. The standard InChI is InChI=1S/C16H14N4/c1-4-10-17-13(7-1)16(14-8-2-5-11-18-14)20-15-9-3-6-12-19-15/h1-12,16H,(H,19,20). The van der Waals surface area contributed by atoms with E-state index >= 15 is 0 Å². The lowest BCUT2D eigenvalue weighted by Crippen LogP contribution is -2.15. The first-order valence-corrected chi connectivity index (χ1v) is 6.43. The van der Waals surface area contributed by atoms with E-state index in [1.165, 1.54) is 0 Å². The van der Waals surface area contributed by atoms with Gasteiger partial charge in [0.2, 0.25) is 0 Å². The average molecular weight is 262 g/mol. The van der Waals surface area contributed by atoms with Gasteiger partial charge in [0.05, 0.1) is 11.4 Å². The van der Waals surface area contributed by atoms with Crippen molar-refractivity contribution in [1.82, 2.24) is 15.0 Å². The number of aromatic nitrogens is 3. The maximum absolute atomic E-state index is 4.42. The molecule has 0 aliphatic heterocycles. The van der Waals surface area contributed by atoms with E-state index in [-0.39, 0.29) is 6.04 Å². The maximum Gasteiger partial charge on any atom is 0.126 e. The van der Waals surface area contributed by atoms with Crippen molar-refractivity contribution in [3.8, 4) is 0 Å². The third-order valence-corrected chi connectivity index (χ3v) is 2.92. The highest BCUT2D eigenvalue weighted by Gasteiger charge is 2.16. The zero-order valence-electron chi connectivity index (χ0n) is 10.8. The van der Waals surface area contributed by atoms with Gasteiger partial charge in [-0.05, 0) is 36.4 Å². The van der Waals surface area contributed by atoms with E-state index in [2.05, 4.69) is 20.3 Å². The molecule has 0 bridgehead atoms. The lowest BCUT2D eigenvalue weighted by molar-refractivity contribution is 0.840. The number of nitrogens with zero attached hydrogens (tertiary/aromatic N) is 3. The SMILES string of the molecule is c1ccc(NC(c2ccccn2)c2ccccn2)nc1. The van der Waals surface area contributed by atoms with E-state index < -0.39 is 0 Å². The molecule has 0 aromatic carbocycles. The van der Waals surface area contributed by atoms with Crippen LogP contribution in [0.2, 0.25) is 0 Å². The summed E-state index contributed by atoms with van der Waals surface area (Å²) in [6.45, 7) is 0. The summed E-state index contributed by atoms with van der Waals surface area (Å²) in [6.07, 6.45) is 5.33. The van der Waals surface area contributed by atoms with E-state index in [4.69, 9.17) is 0 Å². The number of pyridine rings is 3. The Hall–Kier alpha value is -2.75. The van der Waals surface area contributed by atoms with Gasteiger partial charge >= 0.3 is 0 Å². The first-order chi connectivity index (χ1) is 9.93. The minimum Gasteiger partial charge on any atom is -0.356 e. The molecule has 3 aromatic heterocycles. The zero-order chi connectivity index (χ0) is 13.6. The summed E-state index contributed by atoms with van der Waals surface area (Å²) < 4.78 is 0. The van der Waals surface area contributed by atoms with E-state index in [0.717, 1.165) is 17.2 Å². The van der Waals surface area contributed by atoms with Crippen molar-refractivity contribution < 1.29 is 0 Å². The summed E-state index contributed by atoms with van der Waals surface area (Å²) in [6, 6.07) is 17.4. The Labute approximate surface area is 117 Å². The second-order valence-corrected chi connectivity index (χ2v) is 4.30. The van der Waals surface area contributed by atoms with Gasteiger partial charge in [0.15, 0.2) is 0 Å². The van der Waals surface area contributed by atoms with Gasteiger partial charge in [-0.3, -0.25) is 9.97 Å². The van der Waals surface area contributed by atoms with E-state index in [9.17, 15) is 0 Å². The fourth-order valence-corrected chi connectivity index (χ4v) is 1.99. The highest BCUT2D eigenvalue weighted by Crippen LogP contribution is 2.22. The molecule has 4 heteroatoms. The maximum atomic E-state index is 4.42. The molecule has 0 fully saturated rings. The molecule has 0 unspecified atom stereocenters. The molecule has 0 saturated carbocycles. The van der Waals surface area contributed by atoms with Gasteiger partial charge in [0.25, 0.3) is 0 Å². The molecule has 1 N–H and O–H groups in total.